The smallest absolute Gasteiger partial charge is 0.273 e. The summed E-state index contributed by atoms with van der Waals surface area (Å²) in [6.07, 6.45) is 3.39. The number of hydrogen-bond donors (Lipinski definition) is 2. The third kappa shape index (κ3) is 2.63. The molecule has 0 unspecified atom stereocenters. The summed E-state index contributed by atoms with van der Waals surface area (Å²) < 4.78 is 1.77. The number of aliphatic hydroxyl groups is 1. The van der Waals surface area contributed by atoms with Crippen molar-refractivity contribution in [2.24, 2.45) is 0 Å². The number of fused-ring (bicyclic) bond motifs is 1. The Morgan fingerprint density at radius 1 is 1.40 bits per heavy atom. The van der Waals surface area contributed by atoms with Crippen LogP contribution in [0.3, 0.4) is 0 Å². The van der Waals surface area contributed by atoms with Crippen molar-refractivity contribution in [3.05, 3.63) is 29.2 Å². The summed E-state index contributed by atoms with van der Waals surface area (Å²) >= 11 is 1.38. The van der Waals surface area contributed by atoms with E-state index in [0.717, 1.165) is 0 Å². The molecule has 25 heavy (non-hydrogen) atoms. The molecule has 130 valence electrons. The predicted molar refractivity (Wildman–Crippen MR) is 92.0 cm³/mol. The first-order valence-electron chi connectivity index (χ1n) is 7.80. The highest BCUT2D eigenvalue weighted by molar-refractivity contribution is 7.07. The number of carbonyl (C=O) groups excluding carboxylic acids is 1. The van der Waals surface area contributed by atoms with Crippen molar-refractivity contribution in [3.8, 4) is 0 Å². The van der Waals surface area contributed by atoms with Crippen molar-refractivity contribution in [1.82, 2.24) is 29.4 Å². The zero-order valence-corrected chi connectivity index (χ0v) is 14.3. The van der Waals surface area contributed by atoms with Crippen molar-refractivity contribution < 1.29 is 9.90 Å². The molecule has 1 fully saturated rings. The van der Waals surface area contributed by atoms with E-state index in [2.05, 4.69) is 19.9 Å². The fourth-order valence-electron chi connectivity index (χ4n) is 3.17. The Labute approximate surface area is 147 Å². The number of nitrogens with zero attached hydrogens (tertiary/aromatic N) is 6. The highest BCUT2D eigenvalue weighted by Gasteiger charge is 2.41. The Kier molecular flexibility index (Phi) is 3.65. The number of imidazole rings is 1. The van der Waals surface area contributed by atoms with Crippen molar-refractivity contribution in [1.29, 1.82) is 0 Å². The molecule has 3 aromatic heterocycles. The Morgan fingerprint density at radius 3 is 3.00 bits per heavy atom. The van der Waals surface area contributed by atoms with Gasteiger partial charge in [-0.3, -0.25) is 4.79 Å². The molecule has 0 bridgehead atoms. The molecule has 0 aliphatic carbocycles. The average Bonchev–Trinajstić information content (AvgIpc) is 3.24. The minimum absolute atomic E-state index is 0.139. The van der Waals surface area contributed by atoms with E-state index in [4.69, 9.17) is 5.73 Å². The summed E-state index contributed by atoms with van der Waals surface area (Å²) in [6, 6.07) is -0.400. The van der Waals surface area contributed by atoms with Crippen LogP contribution in [0.25, 0.3) is 11.2 Å². The van der Waals surface area contributed by atoms with E-state index in [1.807, 2.05) is 0 Å². The second-order valence-electron chi connectivity index (χ2n) is 6.33. The van der Waals surface area contributed by atoms with E-state index in [0.29, 0.717) is 36.4 Å². The fraction of sp³-hybridized carbons (Fsp3) is 0.400. The summed E-state index contributed by atoms with van der Waals surface area (Å²) in [4.78, 5) is 30.9. The molecule has 0 aromatic carbocycles. The molecular formula is C15H17N7O2S. The Bertz CT molecular complexity index is 921. The molecule has 0 spiro atoms. The van der Waals surface area contributed by atoms with E-state index in [1.165, 1.54) is 17.7 Å². The van der Waals surface area contributed by atoms with Crippen LogP contribution in [0.15, 0.2) is 23.5 Å². The number of carbonyl (C=O) groups is 1. The number of anilines is 1. The second kappa shape index (κ2) is 5.74. The third-order valence-corrected chi connectivity index (χ3v) is 5.25. The zero-order chi connectivity index (χ0) is 17.6. The summed E-state index contributed by atoms with van der Waals surface area (Å²) in [5, 5.41) is 12.6. The van der Waals surface area contributed by atoms with Gasteiger partial charge < -0.3 is 20.3 Å². The second-order valence-corrected chi connectivity index (χ2v) is 7.05. The van der Waals surface area contributed by atoms with E-state index in [1.54, 1.807) is 33.6 Å². The van der Waals surface area contributed by atoms with Crippen LogP contribution in [0.1, 0.15) is 29.9 Å². The molecule has 1 aliphatic rings. The monoisotopic (exact) mass is 359 g/mol. The standard InChI is InChI=1S/C15H17N7O2S/c1-15(24)2-3-21(14(23)9-5-25-8-20-9)4-10(15)22-7-19-11-12(16)17-6-18-13(11)22/h5-8,10,24H,2-4H2,1H3,(H2,16,17,18)/t10-,15-/m1/s1. The summed E-state index contributed by atoms with van der Waals surface area (Å²) in [7, 11) is 0. The number of nitrogens with two attached hydrogens (primary N) is 1. The highest BCUT2D eigenvalue weighted by atomic mass is 32.1. The Morgan fingerprint density at radius 2 is 2.24 bits per heavy atom. The molecule has 9 nitrogen and oxygen atoms in total. The first kappa shape index (κ1) is 15.9. The molecular weight excluding hydrogens is 342 g/mol. The number of hydrogen-bond acceptors (Lipinski definition) is 8. The quantitative estimate of drug-likeness (QED) is 0.690. The first-order valence-corrected chi connectivity index (χ1v) is 8.74. The van der Waals surface area contributed by atoms with Crippen molar-refractivity contribution in [2.45, 2.75) is 25.0 Å². The SMILES string of the molecule is C[C@@]1(O)CCN(C(=O)c2cscn2)C[C@H]1n1cnc2c(N)ncnc21. The lowest BCUT2D eigenvalue weighted by Crippen LogP contribution is -2.52. The van der Waals surface area contributed by atoms with Crippen molar-refractivity contribution in [2.75, 3.05) is 18.8 Å². The number of rotatable bonds is 2. The van der Waals surface area contributed by atoms with Gasteiger partial charge in [0.15, 0.2) is 11.5 Å². The number of amides is 1. The molecule has 3 N–H and O–H groups in total. The zero-order valence-electron chi connectivity index (χ0n) is 13.5. The maximum atomic E-state index is 12.6. The Balaban J connectivity index is 1.70. The van der Waals surface area contributed by atoms with E-state index in [9.17, 15) is 9.90 Å². The fourth-order valence-corrected chi connectivity index (χ4v) is 3.70. The predicted octanol–water partition coefficient (Wildman–Crippen LogP) is 0.703. The van der Waals surface area contributed by atoms with Crippen LogP contribution in [0.2, 0.25) is 0 Å². The highest BCUT2D eigenvalue weighted by Crippen LogP contribution is 2.34. The maximum absolute atomic E-state index is 12.6. The van der Waals surface area contributed by atoms with Crippen LogP contribution >= 0.6 is 11.3 Å². The van der Waals surface area contributed by atoms with Crippen LogP contribution < -0.4 is 5.73 Å². The molecule has 1 aliphatic heterocycles. The van der Waals surface area contributed by atoms with Crippen molar-refractivity contribution >= 4 is 34.2 Å². The molecule has 2 atom stereocenters. The minimum atomic E-state index is -1.01. The number of aromatic nitrogens is 5. The molecule has 3 aromatic rings. The molecule has 1 saturated heterocycles. The van der Waals surface area contributed by atoms with Crippen LogP contribution in [-0.2, 0) is 0 Å². The summed E-state index contributed by atoms with van der Waals surface area (Å²) in [5.41, 5.74) is 7.92. The number of nitrogen functional groups attached to an aromatic ring is 1. The summed E-state index contributed by atoms with van der Waals surface area (Å²) in [5.74, 6) is 0.148. The van der Waals surface area contributed by atoms with Gasteiger partial charge in [0.1, 0.15) is 17.5 Å². The van der Waals surface area contributed by atoms with Gasteiger partial charge in [0.25, 0.3) is 5.91 Å². The van der Waals surface area contributed by atoms with Gasteiger partial charge in [0.2, 0.25) is 0 Å². The minimum Gasteiger partial charge on any atom is -0.388 e. The number of piperidine rings is 1. The normalized spacial score (nSPS) is 23.9. The average molecular weight is 359 g/mol. The van der Waals surface area contributed by atoms with Gasteiger partial charge in [-0.2, -0.15) is 0 Å². The Hall–Kier alpha value is -2.59. The van der Waals surface area contributed by atoms with E-state index in [-0.39, 0.29) is 11.7 Å². The third-order valence-electron chi connectivity index (χ3n) is 4.66. The van der Waals surface area contributed by atoms with Gasteiger partial charge in [-0.15, -0.1) is 11.3 Å². The first-order chi connectivity index (χ1) is 12.0. The number of likely N-dealkylation sites (tertiary alicyclic amines) is 1. The van der Waals surface area contributed by atoms with Crippen LogP contribution in [-0.4, -0.2) is 59.1 Å². The van der Waals surface area contributed by atoms with Crippen LogP contribution in [0.5, 0.6) is 0 Å². The molecule has 0 saturated carbocycles. The largest absolute Gasteiger partial charge is 0.388 e. The number of thiazole rings is 1. The molecule has 10 heteroatoms. The molecule has 4 heterocycles. The van der Waals surface area contributed by atoms with E-state index >= 15 is 0 Å². The van der Waals surface area contributed by atoms with Gasteiger partial charge >= 0.3 is 0 Å². The van der Waals surface area contributed by atoms with Gasteiger partial charge in [-0.05, 0) is 13.3 Å². The molecule has 4 rings (SSSR count). The van der Waals surface area contributed by atoms with Gasteiger partial charge in [0, 0.05) is 18.5 Å². The summed E-state index contributed by atoms with van der Waals surface area (Å²) in [6.45, 7) is 2.56. The van der Waals surface area contributed by atoms with Gasteiger partial charge in [-0.1, -0.05) is 0 Å². The van der Waals surface area contributed by atoms with Crippen LogP contribution in [0.4, 0.5) is 5.82 Å². The van der Waals surface area contributed by atoms with Crippen LogP contribution in [0, 0.1) is 0 Å². The lowest BCUT2D eigenvalue weighted by molar-refractivity contribution is -0.0434. The molecule has 1 amide bonds. The van der Waals surface area contributed by atoms with Crippen molar-refractivity contribution in [3.63, 3.8) is 0 Å². The van der Waals surface area contributed by atoms with Gasteiger partial charge in [-0.25, -0.2) is 19.9 Å². The van der Waals surface area contributed by atoms with E-state index < -0.39 is 11.6 Å². The lowest BCUT2D eigenvalue weighted by Gasteiger charge is -2.43. The molecule has 0 radical (unpaired) electrons. The van der Waals surface area contributed by atoms with Gasteiger partial charge in [0.05, 0.1) is 23.5 Å². The lowest BCUT2D eigenvalue weighted by atomic mass is 9.88. The maximum Gasteiger partial charge on any atom is 0.273 e. The topological polar surface area (TPSA) is 123 Å².